The van der Waals surface area contributed by atoms with Crippen LogP contribution in [0.4, 0.5) is 0 Å². The molecule has 1 aliphatic heterocycles. The van der Waals surface area contributed by atoms with Crippen LogP contribution in [0, 0.1) is 0 Å². The van der Waals surface area contributed by atoms with E-state index >= 15 is 0 Å². The number of fused-ring (bicyclic) bond motifs is 1. The summed E-state index contributed by atoms with van der Waals surface area (Å²) in [6.45, 7) is 0.798. The number of thiophene rings is 1. The maximum absolute atomic E-state index is 13.2. The third kappa shape index (κ3) is 2.91. The summed E-state index contributed by atoms with van der Waals surface area (Å²) in [5.74, 6) is 1.77. The minimum Gasteiger partial charge on any atom is -0.497 e. The lowest BCUT2D eigenvalue weighted by Gasteiger charge is -2.26. The molecule has 0 N–H and O–H groups in total. The van der Waals surface area contributed by atoms with Crippen LogP contribution in [-0.4, -0.2) is 31.6 Å². The van der Waals surface area contributed by atoms with Crippen LogP contribution in [0.15, 0.2) is 24.3 Å². The number of aryl methyl sites for hydroxylation is 2. The average molecular weight is 357 g/mol. The van der Waals surface area contributed by atoms with Crippen molar-refractivity contribution in [1.29, 1.82) is 0 Å². The fraction of sp³-hybridized carbons (Fsp3) is 0.450. The zero-order chi connectivity index (χ0) is 17.4. The lowest BCUT2D eigenvalue weighted by molar-refractivity contribution is 0.0739. The van der Waals surface area contributed by atoms with Gasteiger partial charge >= 0.3 is 0 Å². The van der Waals surface area contributed by atoms with E-state index in [1.165, 1.54) is 16.9 Å². The van der Waals surface area contributed by atoms with Crippen LogP contribution in [0.25, 0.3) is 0 Å². The Labute approximate surface area is 152 Å². The van der Waals surface area contributed by atoms with Crippen molar-refractivity contribution in [2.24, 2.45) is 0 Å². The molecule has 4 rings (SSSR count). The summed E-state index contributed by atoms with van der Waals surface area (Å²) in [5, 5.41) is 0. The van der Waals surface area contributed by atoms with E-state index in [1.54, 1.807) is 25.6 Å². The maximum atomic E-state index is 13.2. The molecule has 25 heavy (non-hydrogen) atoms. The number of hydrogen-bond acceptors (Lipinski definition) is 4. The van der Waals surface area contributed by atoms with E-state index in [2.05, 4.69) is 6.07 Å². The number of benzene rings is 1. The van der Waals surface area contributed by atoms with Gasteiger partial charge in [0, 0.05) is 17.0 Å². The highest BCUT2D eigenvalue weighted by Crippen LogP contribution is 2.41. The maximum Gasteiger partial charge on any atom is 0.264 e. The molecule has 1 atom stereocenters. The average Bonchev–Trinajstić information content (AvgIpc) is 3.35. The van der Waals surface area contributed by atoms with Gasteiger partial charge in [-0.2, -0.15) is 0 Å². The molecule has 1 aliphatic carbocycles. The second-order valence-electron chi connectivity index (χ2n) is 6.68. The molecule has 0 bridgehead atoms. The zero-order valence-corrected chi connectivity index (χ0v) is 15.5. The summed E-state index contributed by atoms with van der Waals surface area (Å²) in [7, 11) is 3.34. The second-order valence-corrected chi connectivity index (χ2v) is 7.81. The number of rotatable bonds is 4. The van der Waals surface area contributed by atoms with E-state index < -0.39 is 0 Å². The Morgan fingerprint density at radius 3 is 2.80 bits per heavy atom. The predicted octanol–water partition coefficient (Wildman–Crippen LogP) is 4.23. The molecule has 0 saturated carbocycles. The zero-order valence-electron chi connectivity index (χ0n) is 14.7. The highest BCUT2D eigenvalue weighted by molar-refractivity contribution is 7.14. The molecular weight excluding hydrogens is 334 g/mol. The topological polar surface area (TPSA) is 38.8 Å². The fourth-order valence-electron chi connectivity index (χ4n) is 4.01. The number of ether oxygens (including phenoxy) is 2. The molecule has 1 amide bonds. The van der Waals surface area contributed by atoms with Gasteiger partial charge in [-0.05, 0) is 61.9 Å². The van der Waals surface area contributed by atoms with E-state index in [0.717, 1.165) is 54.2 Å². The number of hydrogen-bond donors (Lipinski definition) is 0. The fourth-order valence-corrected chi connectivity index (χ4v) is 5.22. The first-order chi connectivity index (χ1) is 12.2. The van der Waals surface area contributed by atoms with Gasteiger partial charge < -0.3 is 14.4 Å². The Kier molecular flexibility index (Phi) is 4.42. The van der Waals surface area contributed by atoms with E-state index in [9.17, 15) is 4.79 Å². The first kappa shape index (κ1) is 16.5. The summed E-state index contributed by atoms with van der Waals surface area (Å²) < 4.78 is 10.9. The first-order valence-corrected chi connectivity index (χ1v) is 9.67. The Balaban J connectivity index is 1.65. The van der Waals surface area contributed by atoms with E-state index in [1.807, 2.05) is 23.1 Å². The van der Waals surface area contributed by atoms with Gasteiger partial charge in [-0.3, -0.25) is 4.79 Å². The summed E-state index contributed by atoms with van der Waals surface area (Å²) >= 11 is 1.68. The smallest absolute Gasteiger partial charge is 0.264 e. The summed E-state index contributed by atoms with van der Waals surface area (Å²) in [6.07, 6.45) is 5.44. The Morgan fingerprint density at radius 2 is 2.04 bits per heavy atom. The molecule has 132 valence electrons. The lowest BCUT2D eigenvalue weighted by atomic mass is 10.0. The van der Waals surface area contributed by atoms with E-state index in [4.69, 9.17) is 9.47 Å². The van der Waals surface area contributed by atoms with Crippen molar-refractivity contribution in [1.82, 2.24) is 4.90 Å². The van der Waals surface area contributed by atoms with E-state index in [0.29, 0.717) is 0 Å². The number of amides is 1. The van der Waals surface area contributed by atoms with Crippen LogP contribution >= 0.6 is 11.3 Å². The SMILES string of the molecule is COc1ccc(OC)c([C@H]2CCCN2C(=O)c2cc3c(s2)CCC3)c1. The van der Waals surface area contributed by atoms with Crippen LogP contribution in [0.2, 0.25) is 0 Å². The quantitative estimate of drug-likeness (QED) is 0.822. The third-order valence-electron chi connectivity index (χ3n) is 5.27. The number of carbonyl (C=O) groups excluding carboxylic acids is 1. The highest BCUT2D eigenvalue weighted by Gasteiger charge is 2.34. The monoisotopic (exact) mass is 357 g/mol. The molecule has 2 heterocycles. The molecule has 2 aromatic rings. The molecular formula is C20H23NO3S. The third-order valence-corrected chi connectivity index (χ3v) is 6.49. The van der Waals surface area contributed by atoms with Gasteiger partial charge in [0.1, 0.15) is 11.5 Å². The highest BCUT2D eigenvalue weighted by atomic mass is 32.1. The van der Waals surface area contributed by atoms with Crippen molar-refractivity contribution in [3.63, 3.8) is 0 Å². The van der Waals surface area contributed by atoms with Crippen LogP contribution in [0.5, 0.6) is 11.5 Å². The Hall–Kier alpha value is -2.01. The van der Waals surface area contributed by atoms with Gasteiger partial charge in [-0.1, -0.05) is 0 Å². The molecule has 1 fully saturated rings. The van der Waals surface area contributed by atoms with Gasteiger partial charge in [-0.15, -0.1) is 11.3 Å². The summed E-state index contributed by atoms with van der Waals surface area (Å²) in [6, 6.07) is 7.99. The van der Waals surface area contributed by atoms with Crippen molar-refractivity contribution < 1.29 is 14.3 Å². The molecule has 1 saturated heterocycles. The van der Waals surface area contributed by atoms with Gasteiger partial charge in [0.25, 0.3) is 5.91 Å². The molecule has 4 nitrogen and oxygen atoms in total. The first-order valence-electron chi connectivity index (χ1n) is 8.85. The number of nitrogens with zero attached hydrogens (tertiary/aromatic N) is 1. The minimum atomic E-state index is 0.0505. The van der Waals surface area contributed by atoms with Crippen LogP contribution in [0.1, 0.15) is 51.0 Å². The predicted molar refractivity (Wildman–Crippen MR) is 98.9 cm³/mol. The van der Waals surface area contributed by atoms with Crippen LogP contribution < -0.4 is 9.47 Å². The summed E-state index contributed by atoms with van der Waals surface area (Å²) in [4.78, 5) is 17.5. The molecule has 0 spiro atoms. The Bertz CT molecular complexity index is 777. The van der Waals surface area contributed by atoms with Gasteiger partial charge in [0.2, 0.25) is 0 Å². The second kappa shape index (κ2) is 6.71. The normalized spacial score (nSPS) is 19.1. The van der Waals surface area contributed by atoms with Crippen LogP contribution in [-0.2, 0) is 12.8 Å². The summed E-state index contributed by atoms with van der Waals surface area (Å²) in [5.41, 5.74) is 2.42. The van der Waals surface area contributed by atoms with Crippen molar-refractivity contribution in [3.8, 4) is 11.5 Å². The molecule has 5 heteroatoms. The molecule has 2 aliphatic rings. The molecule has 0 unspecified atom stereocenters. The number of methoxy groups -OCH3 is 2. The van der Waals surface area contributed by atoms with Gasteiger partial charge in [0.15, 0.2) is 0 Å². The molecule has 1 aromatic carbocycles. The van der Waals surface area contributed by atoms with Crippen molar-refractivity contribution >= 4 is 17.2 Å². The van der Waals surface area contributed by atoms with Crippen molar-refractivity contribution in [3.05, 3.63) is 45.1 Å². The Morgan fingerprint density at radius 1 is 1.16 bits per heavy atom. The van der Waals surface area contributed by atoms with Crippen molar-refractivity contribution in [2.45, 2.75) is 38.1 Å². The van der Waals surface area contributed by atoms with E-state index in [-0.39, 0.29) is 11.9 Å². The largest absolute Gasteiger partial charge is 0.497 e. The molecule has 0 radical (unpaired) electrons. The number of carbonyl (C=O) groups is 1. The lowest BCUT2D eigenvalue weighted by Crippen LogP contribution is -2.30. The van der Waals surface area contributed by atoms with Gasteiger partial charge in [-0.25, -0.2) is 0 Å². The van der Waals surface area contributed by atoms with Gasteiger partial charge in [0.05, 0.1) is 25.1 Å². The van der Waals surface area contributed by atoms with Crippen LogP contribution in [0.3, 0.4) is 0 Å². The number of likely N-dealkylation sites (tertiary alicyclic amines) is 1. The standard InChI is InChI=1S/C20H23NO3S/c1-23-14-8-9-17(24-2)15(12-14)16-6-4-10-21(16)20(22)19-11-13-5-3-7-18(13)25-19/h8-9,11-12,16H,3-7,10H2,1-2H3/t16-/m1/s1. The molecule has 1 aromatic heterocycles. The minimum absolute atomic E-state index is 0.0505. The van der Waals surface area contributed by atoms with Crippen molar-refractivity contribution in [2.75, 3.05) is 20.8 Å².